The first-order valence-electron chi connectivity index (χ1n) is 12.2. The molecule has 0 saturated carbocycles. The standard InChI is InChI=1S/C29H26BrClN2O4S2/c1-4-36-25-13-18(14-26-28(35)33(29(38)39-26)19-10-11-21(30)22(31)15-19)9-12-24(25)37-16-27(34)32-23-8-6-5-7-20(23)17(2)3/h5-15,17H,4,16H2,1-3H3,(H,32,34)/b26-14+. The summed E-state index contributed by atoms with van der Waals surface area (Å²) >= 11 is 16.3. The van der Waals surface area contributed by atoms with Gasteiger partial charge in [-0.05, 0) is 82.4 Å². The van der Waals surface area contributed by atoms with Crippen LogP contribution < -0.4 is 19.7 Å². The number of carbonyl (C=O) groups excluding carboxylic acids is 2. The van der Waals surface area contributed by atoms with E-state index in [1.165, 1.54) is 16.7 Å². The molecule has 1 fully saturated rings. The largest absolute Gasteiger partial charge is 0.490 e. The first-order valence-corrected chi connectivity index (χ1v) is 14.6. The predicted molar refractivity (Wildman–Crippen MR) is 167 cm³/mol. The third-order valence-corrected chi connectivity index (χ3v) is 8.27. The van der Waals surface area contributed by atoms with Crippen molar-refractivity contribution in [3.8, 4) is 11.5 Å². The number of ether oxygens (including phenoxy) is 2. The van der Waals surface area contributed by atoms with Gasteiger partial charge in [-0.3, -0.25) is 14.5 Å². The van der Waals surface area contributed by atoms with Crippen molar-refractivity contribution in [3.05, 3.63) is 86.2 Å². The molecule has 1 aliphatic heterocycles. The van der Waals surface area contributed by atoms with E-state index in [2.05, 4.69) is 35.1 Å². The highest BCUT2D eigenvalue weighted by molar-refractivity contribution is 9.10. The fourth-order valence-electron chi connectivity index (χ4n) is 3.91. The molecule has 4 rings (SSSR count). The number of hydrogen-bond donors (Lipinski definition) is 1. The minimum absolute atomic E-state index is 0.180. The van der Waals surface area contributed by atoms with Gasteiger partial charge in [-0.15, -0.1) is 0 Å². The maximum absolute atomic E-state index is 13.2. The van der Waals surface area contributed by atoms with Crippen LogP contribution in [0.25, 0.3) is 6.08 Å². The summed E-state index contributed by atoms with van der Waals surface area (Å²) in [4.78, 5) is 27.7. The van der Waals surface area contributed by atoms with Crippen molar-refractivity contribution in [2.45, 2.75) is 26.7 Å². The van der Waals surface area contributed by atoms with E-state index in [4.69, 9.17) is 33.3 Å². The Bertz CT molecular complexity index is 1460. The molecule has 202 valence electrons. The highest BCUT2D eigenvalue weighted by atomic mass is 79.9. The molecule has 1 heterocycles. The van der Waals surface area contributed by atoms with Gasteiger partial charge in [0.2, 0.25) is 0 Å². The van der Waals surface area contributed by atoms with Gasteiger partial charge in [-0.2, -0.15) is 0 Å². The molecule has 0 spiro atoms. The van der Waals surface area contributed by atoms with Gasteiger partial charge in [0, 0.05) is 10.2 Å². The van der Waals surface area contributed by atoms with Gasteiger partial charge in [-0.1, -0.05) is 73.7 Å². The van der Waals surface area contributed by atoms with Crippen LogP contribution in [0.5, 0.6) is 11.5 Å². The van der Waals surface area contributed by atoms with Crippen LogP contribution in [0.1, 0.15) is 37.8 Å². The van der Waals surface area contributed by atoms with Gasteiger partial charge in [0.25, 0.3) is 11.8 Å². The summed E-state index contributed by atoms with van der Waals surface area (Å²) in [5.74, 6) is 0.661. The second kappa shape index (κ2) is 13.0. The Morgan fingerprint density at radius 1 is 1.13 bits per heavy atom. The Hall–Kier alpha value is -2.85. The summed E-state index contributed by atoms with van der Waals surface area (Å²) in [6.07, 6.45) is 1.75. The quantitative estimate of drug-likeness (QED) is 0.188. The van der Waals surface area contributed by atoms with Crippen LogP contribution in [0.2, 0.25) is 5.02 Å². The van der Waals surface area contributed by atoms with Crippen LogP contribution >= 0.6 is 51.5 Å². The van der Waals surface area contributed by atoms with Crippen LogP contribution in [0.15, 0.2) is 70.0 Å². The number of nitrogens with one attached hydrogen (secondary N) is 1. The lowest BCUT2D eigenvalue weighted by Gasteiger charge is -2.15. The second-order valence-corrected chi connectivity index (χ2v) is 11.8. The number of rotatable bonds is 9. The van der Waals surface area contributed by atoms with Crippen LogP contribution in [0.3, 0.4) is 0 Å². The number of halogens is 2. The zero-order valence-electron chi connectivity index (χ0n) is 21.5. The molecule has 10 heteroatoms. The van der Waals surface area contributed by atoms with Gasteiger partial charge < -0.3 is 14.8 Å². The first-order chi connectivity index (χ1) is 18.7. The van der Waals surface area contributed by atoms with Crippen molar-refractivity contribution in [1.29, 1.82) is 0 Å². The normalized spacial score (nSPS) is 14.3. The van der Waals surface area contributed by atoms with E-state index in [1.54, 1.807) is 42.5 Å². The van der Waals surface area contributed by atoms with Gasteiger partial charge in [0.05, 0.1) is 22.2 Å². The number of hydrogen-bond acceptors (Lipinski definition) is 6. The van der Waals surface area contributed by atoms with Crippen molar-refractivity contribution < 1.29 is 19.1 Å². The van der Waals surface area contributed by atoms with Crippen molar-refractivity contribution in [2.75, 3.05) is 23.4 Å². The topological polar surface area (TPSA) is 67.9 Å². The molecule has 1 saturated heterocycles. The van der Waals surface area contributed by atoms with Gasteiger partial charge in [0.1, 0.15) is 0 Å². The number of anilines is 2. The van der Waals surface area contributed by atoms with Crippen molar-refractivity contribution >= 4 is 85.1 Å². The molecule has 39 heavy (non-hydrogen) atoms. The number of thioether (sulfide) groups is 1. The zero-order chi connectivity index (χ0) is 28.1. The third-order valence-electron chi connectivity index (χ3n) is 5.74. The summed E-state index contributed by atoms with van der Waals surface area (Å²) < 4.78 is 12.7. The molecule has 1 N–H and O–H groups in total. The molecule has 0 aromatic heterocycles. The molecule has 6 nitrogen and oxygen atoms in total. The summed E-state index contributed by atoms with van der Waals surface area (Å²) in [5.41, 5.74) is 3.15. The predicted octanol–water partition coefficient (Wildman–Crippen LogP) is 8.05. The van der Waals surface area contributed by atoms with E-state index < -0.39 is 0 Å². The Kier molecular flexibility index (Phi) is 9.71. The Morgan fingerprint density at radius 2 is 1.90 bits per heavy atom. The summed E-state index contributed by atoms with van der Waals surface area (Å²) in [6, 6.07) is 18.2. The molecule has 2 amide bonds. The highest BCUT2D eigenvalue weighted by Crippen LogP contribution is 2.39. The van der Waals surface area contributed by atoms with Crippen molar-refractivity contribution in [1.82, 2.24) is 0 Å². The van der Waals surface area contributed by atoms with E-state index >= 15 is 0 Å². The maximum Gasteiger partial charge on any atom is 0.270 e. The van der Waals surface area contributed by atoms with E-state index in [-0.39, 0.29) is 24.3 Å². The molecule has 0 bridgehead atoms. The van der Waals surface area contributed by atoms with Gasteiger partial charge in [-0.25, -0.2) is 0 Å². The fourth-order valence-corrected chi connectivity index (χ4v) is 5.63. The van der Waals surface area contributed by atoms with E-state index in [0.29, 0.717) is 38.0 Å². The molecule has 3 aromatic rings. The average molecular weight is 646 g/mol. The molecule has 0 aliphatic carbocycles. The van der Waals surface area contributed by atoms with Gasteiger partial charge >= 0.3 is 0 Å². The van der Waals surface area contributed by atoms with Crippen LogP contribution in [-0.4, -0.2) is 29.3 Å². The summed E-state index contributed by atoms with van der Waals surface area (Å²) in [5, 5.41) is 3.41. The Morgan fingerprint density at radius 3 is 2.62 bits per heavy atom. The van der Waals surface area contributed by atoms with Crippen LogP contribution in [0, 0.1) is 0 Å². The number of benzene rings is 3. The van der Waals surface area contributed by atoms with Crippen LogP contribution in [-0.2, 0) is 9.59 Å². The molecule has 1 aliphatic rings. The second-order valence-electron chi connectivity index (χ2n) is 8.83. The maximum atomic E-state index is 13.2. The summed E-state index contributed by atoms with van der Waals surface area (Å²) in [6.45, 7) is 6.23. The Balaban J connectivity index is 1.48. The molecular weight excluding hydrogens is 620 g/mol. The van der Waals surface area contributed by atoms with E-state index in [0.717, 1.165) is 21.3 Å². The lowest BCUT2D eigenvalue weighted by atomic mass is 10.0. The number of thiocarbonyl (C=S) groups is 1. The molecule has 0 unspecified atom stereocenters. The lowest BCUT2D eigenvalue weighted by molar-refractivity contribution is -0.118. The zero-order valence-corrected chi connectivity index (χ0v) is 25.5. The number of carbonyl (C=O) groups is 2. The minimum atomic E-state index is -0.272. The monoisotopic (exact) mass is 644 g/mol. The average Bonchev–Trinajstić information content (AvgIpc) is 3.18. The first kappa shape index (κ1) is 29.1. The molecule has 0 radical (unpaired) electrons. The number of nitrogens with zero attached hydrogens (tertiary/aromatic N) is 1. The van der Waals surface area contributed by atoms with Gasteiger partial charge in [0.15, 0.2) is 22.4 Å². The minimum Gasteiger partial charge on any atom is -0.490 e. The lowest BCUT2D eigenvalue weighted by Crippen LogP contribution is -2.27. The van der Waals surface area contributed by atoms with E-state index in [9.17, 15) is 9.59 Å². The SMILES string of the molecule is CCOc1cc(/C=C2/SC(=S)N(c3ccc(Br)c(Cl)c3)C2=O)ccc1OCC(=O)Nc1ccccc1C(C)C. The van der Waals surface area contributed by atoms with Crippen molar-refractivity contribution in [3.63, 3.8) is 0 Å². The number of para-hydroxylation sites is 1. The van der Waals surface area contributed by atoms with Crippen molar-refractivity contribution in [2.24, 2.45) is 0 Å². The highest BCUT2D eigenvalue weighted by Gasteiger charge is 2.33. The van der Waals surface area contributed by atoms with Crippen LogP contribution in [0.4, 0.5) is 11.4 Å². The smallest absolute Gasteiger partial charge is 0.270 e. The fraction of sp³-hybridized carbons (Fsp3) is 0.207. The summed E-state index contributed by atoms with van der Waals surface area (Å²) in [7, 11) is 0. The molecule has 0 atom stereocenters. The third kappa shape index (κ3) is 7.03. The van der Waals surface area contributed by atoms with E-state index in [1.807, 2.05) is 31.2 Å². The Labute approximate surface area is 250 Å². The molecule has 3 aromatic carbocycles. The number of amides is 2. The molecular formula is C29H26BrClN2O4S2.